The van der Waals surface area contributed by atoms with E-state index in [0.29, 0.717) is 25.2 Å². The van der Waals surface area contributed by atoms with Gasteiger partial charge in [-0.1, -0.05) is 12.1 Å². The van der Waals surface area contributed by atoms with E-state index in [4.69, 9.17) is 0 Å². The normalized spacial score (nSPS) is 15.6. The van der Waals surface area contributed by atoms with Crippen LogP contribution in [0.4, 0.5) is 23.2 Å². The molecule has 0 spiro atoms. The van der Waals surface area contributed by atoms with Crippen molar-refractivity contribution in [1.29, 1.82) is 0 Å². The molecule has 3 nitrogen and oxygen atoms in total. The van der Waals surface area contributed by atoms with Crippen LogP contribution in [-0.2, 0) is 17.4 Å². The van der Waals surface area contributed by atoms with Gasteiger partial charge in [0.25, 0.3) is 0 Å². The lowest BCUT2D eigenvalue weighted by atomic mass is 10.1. The van der Waals surface area contributed by atoms with Gasteiger partial charge < -0.3 is 9.80 Å². The van der Waals surface area contributed by atoms with E-state index in [0.717, 1.165) is 30.8 Å². The second-order valence-corrected chi connectivity index (χ2v) is 6.57. The van der Waals surface area contributed by atoms with Crippen LogP contribution in [0.25, 0.3) is 0 Å². The molecule has 0 aliphatic carbocycles. The number of nitrogens with zero attached hydrogens (tertiary/aromatic N) is 2. The largest absolute Gasteiger partial charge is 0.416 e. The Bertz CT molecular complexity index is 772. The van der Waals surface area contributed by atoms with Gasteiger partial charge in [-0.15, -0.1) is 0 Å². The first-order chi connectivity index (χ1) is 12.8. The number of rotatable bonds is 3. The molecule has 2 aromatic carbocycles. The van der Waals surface area contributed by atoms with Crippen LogP contribution >= 0.6 is 0 Å². The predicted molar refractivity (Wildman–Crippen MR) is 95.0 cm³/mol. The molecule has 1 aliphatic rings. The van der Waals surface area contributed by atoms with E-state index in [1.807, 2.05) is 0 Å². The topological polar surface area (TPSA) is 23.6 Å². The van der Waals surface area contributed by atoms with E-state index in [9.17, 15) is 22.4 Å². The van der Waals surface area contributed by atoms with Crippen molar-refractivity contribution in [2.45, 2.75) is 19.0 Å². The monoisotopic (exact) mass is 380 g/mol. The van der Waals surface area contributed by atoms with Gasteiger partial charge >= 0.3 is 6.18 Å². The Balaban J connectivity index is 1.58. The van der Waals surface area contributed by atoms with Crippen molar-refractivity contribution in [3.63, 3.8) is 0 Å². The van der Waals surface area contributed by atoms with E-state index < -0.39 is 11.7 Å². The fraction of sp³-hybridized carbons (Fsp3) is 0.350. The van der Waals surface area contributed by atoms with E-state index in [1.54, 1.807) is 17.0 Å². The van der Waals surface area contributed by atoms with Gasteiger partial charge in [0.1, 0.15) is 5.82 Å². The Morgan fingerprint density at radius 2 is 1.56 bits per heavy atom. The summed E-state index contributed by atoms with van der Waals surface area (Å²) in [6, 6.07) is 11.0. The van der Waals surface area contributed by atoms with Gasteiger partial charge in [0.15, 0.2) is 0 Å². The highest BCUT2D eigenvalue weighted by Crippen LogP contribution is 2.29. The molecule has 1 heterocycles. The molecule has 0 bridgehead atoms. The van der Waals surface area contributed by atoms with Crippen LogP contribution in [0.3, 0.4) is 0 Å². The molecule has 2 aromatic rings. The van der Waals surface area contributed by atoms with Crippen molar-refractivity contribution in [3.8, 4) is 0 Å². The van der Waals surface area contributed by atoms with Crippen LogP contribution in [0.15, 0.2) is 48.5 Å². The third-order valence-electron chi connectivity index (χ3n) is 4.68. The summed E-state index contributed by atoms with van der Waals surface area (Å²) in [6.07, 6.45) is -3.53. The molecular formula is C20H20F4N2O. The molecule has 0 atom stereocenters. The van der Waals surface area contributed by atoms with Gasteiger partial charge in [-0.2, -0.15) is 13.2 Å². The molecular weight excluding hydrogens is 360 g/mol. The number of alkyl halides is 3. The SMILES string of the molecule is O=C(Cc1ccc(C(F)(F)F)cc1)N1CCCN(c2ccc(F)cc2)CC1. The van der Waals surface area contributed by atoms with Crippen molar-refractivity contribution in [1.82, 2.24) is 4.90 Å². The Kier molecular flexibility index (Phi) is 5.68. The lowest BCUT2D eigenvalue weighted by Gasteiger charge is -2.24. The zero-order chi connectivity index (χ0) is 19.4. The van der Waals surface area contributed by atoms with Gasteiger partial charge in [0.2, 0.25) is 5.91 Å². The van der Waals surface area contributed by atoms with Crippen molar-refractivity contribution in [3.05, 3.63) is 65.5 Å². The summed E-state index contributed by atoms with van der Waals surface area (Å²) in [5.41, 5.74) is 0.754. The molecule has 1 fully saturated rings. The zero-order valence-corrected chi connectivity index (χ0v) is 14.7. The maximum atomic E-state index is 13.1. The Morgan fingerprint density at radius 3 is 2.19 bits per heavy atom. The lowest BCUT2D eigenvalue weighted by molar-refractivity contribution is -0.137. The summed E-state index contributed by atoms with van der Waals surface area (Å²) in [4.78, 5) is 16.4. The number of carbonyl (C=O) groups is 1. The number of hydrogen-bond acceptors (Lipinski definition) is 2. The molecule has 3 rings (SSSR count). The van der Waals surface area contributed by atoms with Crippen molar-refractivity contribution in [2.24, 2.45) is 0 Å². The fourth-order valence-corrected chi connectivity index (χ4v) is 3.17. The number of amides is 1. The van der Waals surface area contributed by atoms with Crippen LogP contribution in [-0.4, -0.2) is 37.0 Å². The number of hydrogen-bond donors (Lipinski definition) is 0. The van der Waals surface area contributed by atoms with Crippen molar-refractivity contribution < 1.29 is 22.4 Å². The summed E-state index contributed by atoms with van der Waals surface area (Å²) in [5, 5.41) is 0. The molecule has 1 saturated heterocycles. The molecule has 144 valence electrons. The average Bonchev–Trinajstić information content (AvgIpc) is 2.88. The maximum absolute atomic E-state index is 13.1. The molecule has 0 radical (unpaired) electrons. The Hall–Kier alpha value is -2.57. The summed E-state index contributed by atoms with van der Waals surface area (Å²) in [7, 11) is 0. The van der Waals surface area contributed by atoms with Gasteiger partial charge in [0.05, 0.1) is 12.0 Å². The first-order valence-electron chi connectivity index (χ1n) is 8.77. The average molecular weight is 380 g/mol. The molecule has 0 saturated carbocycles. The molecule has 0 aromatic heterocycles. The van der Waals surface area contributed by atoms with E-state index in [-0.39, 0.29) is 18.1 Å². The van der Waals surface area contributed by atoms with Gasteiger partial charge in [-0.05, 0) is 48.4 Å². The first-order valence-corrected chi connectivity index (χ1v) is 8.77. The highest BCUT2D eigenvalue weighted by molar-refractivity contribution is 5.79. The molecule has 1 amide bonds. The zero-order valence-electron chi connectivity index (χ0n) is 14.7. The van der Waals surface area contributed by atoms with Gasteiger partial charge in [-0.3, -0.25) is 4.79 Å². The molecule has 7 heteroatoms. The molecule has 1 aliphatic heterocycles. The Morgan fingerprint density at radius 1 is 0.889 bits per heavy atom. The number of benzene rings is 2. The van der Waals surface area contributed by atoms with E-state index in [2.05, 4.69) is 4.90 Å². The summed E-state index contributed by atoms with van der Waals surface area (Å²) >= 11 is 0. The maximum Gasteiger partial charge on any atom is 0.416 e. The standard InChI is InChI=1S/C20H20F4N2O/c21-17-6-8-18(9-7-17)25-10-1-11-26(13-12-25)19(27)14-15-2-4-16(5-3-15)20(22,23)24/h2-9H,1,10-14H2. The fourth-order valence-electron chi connectivity index (χ4n) is 3.17. The molecule has 0 N–H and O–H groups in total. The second kappa shape index (κ2) is 7.98. The highest BCUT2D eigenvalue weighted by Gasteiger charge is 2.30. The van der Waals surface area contributed by atoms with Crippen LogP contribution in [0.5, 0.6) is 0 Å². The van der Waals surface area contributed by atoms with Crippen LogP contribution in [0.1, 0.15) is 17.5 Å². The number of halogens is 4. The second-order valence-electron chi connectivity index (χ2n) is 6.57. The summed E-state index contributed by atoms with van der Waals surface area (Å²) < 4.78 is 50.9. The predicted octanol–water partition coefficient (Wildman–Crippen LogP) is 4.13. The van der Waals surface area contributed by atoms with Crippen molar-refractivity contribution in [2.75, 3.05) is 31.1 Å². The smallest absolute Gasteiger partial charge is 0.370 e. The third kappa shape index (κ3) is 4.99. The number of anilines is 1. The third-order valence-corrected chi connectivity index (χ3v) is 4.68. The van der Waals surface area contributed by atoms with Gasteiger partial charge in [-0.25, -0.2) is 4.39 Å². The quantitative estimate of drug-likeness (QED) is 0.748. The van der Waals surface area contributed by atoms with Crippen LogP contribution in [0.2, 0.25) is 0 Å². The van der Waals surface area contributed by atoms with Crippen molar-refractivity contribution >= 4 is 11.6 Å². The minimum atomic E-state index is -4.38. The Labute approximate surface area is 155 Å². The van der Waals surface area contributed by atoms with E-state index in [1.165, 1.54) is 24.3 Å². The molecule has 0 unspecified atom stereocenters. The minimum Gasteiger partial charge on any atom is -0.370 e. The minimum absolute atomic E-state index is 0.0781. The van der Waals surface area contributed by atoms with Crippen LogP contribution in [0, 0.1) is 5.82 Å². The highest BCUT2D eigenvalue weighted by atomic mass is 19.4. The van der Waals surface area contributed by atoms with Crippen LogP contribution < -0.4 is 4.90 Å². The molecule has 27 heavy (non-hydrogen) atoms. The van der Waals surface area contributed by atoms with E-state index >= 15 is 0 Å². The summed E-state index contributed by atoms with van der Waals surface area (Å²) in [5.74, 6) is -0.391. The lowest BCUT2D eigenvalue weighted by Crippen LogP contribution is -2.36. The van der Waals surface area contributed by atoms with Gasteiger partial charge in [0, 0.05) is 31.9 Å². The number of carbonyl (C=O) groups excluding carboxylic acids is 1. The summed E-state index contributed by atoms with van der Waals surface area (Å²) in [6.45, 7) is 2.51. The first kappa shape index (κ1) is 19.2.